The lowest BCUT2D eigenvalue weighted by Gasteiger charge is -2.21. The van der Waals surface area contributed by atoms with Crippen molar-refractivity contribution in [3.8, 4) is 0 Å². The molecule has 0 radical (unpaired) electrons. The maximum absolute atomic E-state index is 12.7. The fraction of sp³-hybridized carbons (Fsp3) is 0.167. The molecule has 3 aromatic heterocycles. The van der Waals surface area contributed by atoms with E-state index in [2.05, 4.69) is 56.7 Å². The second-order valence-electron chi connectivity index (χ2n) is 7.08. The van der Waals surface area contributed by atoms with Gasteiger partial charge < -0.3 is 15.1 Å². The van der Waals surface area contributed by atoms with E-state index in [0.717, 1.165) is 38.5 Å². The van der Waals surface area contributed by atoms with Crippen molar-refractivity contribution in [2.24, 2.45) is 0 Å². The van der Waals surface area contributed by atoms with Crippen LogP contribution in [0.15, 0.2) is 75.8 Å². The molecule has 31 heavy (non-hydrogen) atoms. The van der Waals surface area contributed by atoms with Gasteiger partial charge in [-0.25, -0.2) is 4.98 Å². The van der Waals surface area contributed by atoms with Crippen molar-refractivity contribution < 1.29 is 9.21 Å². The standard InChI is InChI=1S/C24H22BrN3O2S/c1-3-18-14-19(24(31-18)28-23(29)20-10-6-12-30-20)22(16-8-5-9-17(25)13-16)27-21-11-4-7-15(2)26-21/h4-14,22H,3H2,1-2H3,(H,26,27)(H,28,29). The molecule has 0 aliphatic rings. The zero-order valence-electron chi connectivity index (χ0n) is 17.2. The Morgan fingerprint density at radius 3 is 2.71 bits per heavy atom. The molecule has 0 saturated carbocycles. The molecule has 0 fully saturated rings. The monoisotopic (exact) mass is 495 g/mol. The van der Waals surface area contributed by atoms with Crippen molar-refractivity contribution in [3.63, 3.8) is 0 Å². The van der Waals surface area contributed by atoms with E-state index in [1.54, 1.807) is 23.5 Å². The number of thiophene rings is 1. The summed E-state index contributed by atoms with van der Waals surface area (Å²) >= 11 is 5.16. The van der Waals surface area contributed by atoms with E-state index in [1.165, 1.54) is 11.1 Å². The Morgan fingerprint density at radius 2 is 2.00 bits per heavy atom. The number of aryl methyl sites for hydroxylation is 2. The van der Waals surface area contributed by atoms with Crippen LogP contribution < -0.4 is 10.6 Å². The van der Waals surface area contributed by atoms with Crippen LogP contribution in [-0.2, 0) is 6.42 Å². The second-order valence-corrected chi connectivity index (χ2v) is 9.13. The number of furan rings is 1. The highest BCUT2D eigenvalue weighted by molar-refractivity contribution is 9.10. The molecule has 0 aliphatic heterocycles. The molecule has 1 aromatic carbocycles. The normalized spacial score (nSPS) is 11.8. The Hall–Kier alpha value is -2.90. The van der Waals surface area contributed by atoms with Crippen LogP contribution >= 0.6 is 27.3 Å². The lowest BCUT2D eigenvalue weighted by molar-refractivity contribution is 0.0997. The number of benzene rings is 1. The Balaban J connectivity index is 1.76. The molecule has 4 aromatic rings. The minimum absolute atomic E-state index is 0.199. The molecule has 158 valence electrons. The van der Waals surface area contributed by atoms with Crippen LogP contribution in [0, 0.1) is 6.92 Å². The van der Waals surface area contributed by atoms with Crippen LogP contribution in [0.25, 0.3) is 0 Å². The maximum Gasteiger partial charge on any atom is 0.291 e. The Labute approximate surface area is 193 Å². The molecule has 0 spiro atoms. The first-order valence-corrected chi connectivity index (χ1v) is 11.6. The SMILES string of the molecule is CCc1cc(C(Nc2cccc(C)n2)c2cccc(Br)c2)c(NC(=O)c2ccco2)s1. The second kappa shape index (κ2) is 9.49. The van der Waals surface area contributed by atoms with Crippen LogP contribution in [-0.4, -0.2) is 10.9 Å². The molecule has 1 amide bonds. The van der Waals surface area contributed by atoms with E-state index in [1.807, 2.05) is 37.3 Å². The van der Waals surface area contributed by atoms with Gasteiger partial charge in [-0.1, -0.05) is 41.1 Å². The van der Waals surface area contributed by atoms with Crippen LogP contribution in [0.4, 0.5) is 10.8 Å². The molecule has 1 atom stereocenters. The topological polar surface area (TPSA) is 67.2 Å². The molecular formula is C24H22BrN3O2S. The quantitative estimate of drug-likeness (QED) is 0.295. The molecule has 4 rings (SSSR count). The van der Waals surface area contributed by atoms with Crippen molar-refractivity contribution in [3.05, 3.63) is 98.9 Å². The molecule has 0 saturated heterocycles. The third-order valence-electron chi connectivity index (χ3n) is 4.81. The number of carbonyl (C=O) groups is 1. The van der Waals surface area contributed by atoms with Crippen molar-refractivity contribution in [2.45, 2.75) is 26.3 Å². The van der Waals surface area contributed by atoms with Crippen LogP contribution in [0.5, 0.6) is 0 Å². The van der Waals surface area contributed by atoms with E-state index >= 15 is 0 Å². The predicted octanol–water partition coefficient (Wildman–Crippen LogP) is 6.82. The summed E-state index contributed by atoms with van der Waals surface area (Å²) in [6.07, 6.45) is 2.37. The summed E-state index contributed by atoms with van der Waals surface area (Å²) in [5.74, 6) is 0.791. The number of hydrogen-bond acceptors (Lipinski definition) is 5. The average molecular weight is 496 g/mol. The first-order chi connectivity index (χ1) is 15.0. The molecule has 1 unspecified atom stereocenters. The van der Waals surface area contributed by atoms with Gasteiger partial charge in [0, 0.05) is 20.6 Å². The van der Waals surface area contributed by atoms with Gasteiger partial charge in [-0.2, -0.15) is 0 Å². The van der Waals surface area contributed by atoms with Gasteiger partial charge in [-0.15, -0.1) is 11.3 Å². The number of nitrogens with one attached hydrogen (secondary N) is 2. The fourth-order valence-corrected chi connectivity index (χ4v) is 4.76. The van der Waals surface area contributed by atoms with E-state index < -0.39 is 0 Å². The third-order valence-corrected chi connectivity index (χ3v) is 6.51. The van der Waals surface area contributed by atoms with Crippen LogP contribution in [0.1, 0.15) is 45.2 Å². The van der Waals surface area contributed by atoms with E-state index in [4.69, 9.17) is 4.42 Å². The molecular weight excluding hydrogens is 474 g/mol. The highest BCUT2D eigenvalue weighted by atomic mass is 79.9. The first kappa shape index (κ1) is 21.3. The van der Waals surface area contributed by atoms with Gasteiger partial charge in [0.2, 0.25) is 0 Å². The van der Waals surface area contributed by atoms with Crippen molar-refractivity contribution in [1.82, 2.24) is 4.98 Å². The minimum Gasteiger partial charge on any atom is -0.459 e. The number of pyridine rings is 1. The summed E-state index contributed by atoms with van der Waals surface area (Å²) in [6, 6.07) is 19.4. The number of amides is 1. The van der Waals surface area contributed by atoms with E-state index in [0.29, 0.717) is 0 Å². The number of nitrogens with zero attached hydrogens (tertiary/aromatic N) is 1. The van der Waals surface area contributed by atoms with Gasteiger partial charge in [-0.3, -0.25) is 4.79 Å². The summed E-state index contributed by atoms with van der Waals surface area (Å²) in [5.41, 5.74) is 2.98. The summed E-state index contributed by atoms with van der Waals surface area (Å²) in [6.45, 7) is 4.07. The molecule has 7 heteroatoms. The van der Waals surface area contributed by atoms with E-state index in [-0.39, 0.29) is 17.7 Å². The van der Waals surface area contributed by atoms with Gasteiger partial charge in [-0.05, 0) is 61.4 Å². The predicted molar refractivity (Wildman–Crippen MR) is 129 cm³/mol. The highest BCUT2D eigenvalue weighted by Gasteiger charge is 2.23. The lowest BCUT2D eigenvalue weighted by Crippen LogP contribution is -2.17. The summed E-state index contributed by atoms with van der Waals surface area (Å²) in [7, 11) is 0. The number of halogens is 1. The Morgan fingerprint density at radius 1 is 1.16 bits per heavy atom. The number of carbonyl (C=O) groups excluding carboxylic acids is 1. The number of rotatable bonds is 7. The Bertz CT molecular complexity index is 1190. The molecule has 2 N–H and O–H groups in total. The first-order valence-electron chi connectivity index (χ1n) is 9.96. The van der Waals surface area contributed by atoms with Crippen LogP contribution in [0.3, 0.4) is 0 Å². The zero-order chi connectivity index (χ0) is 21.8. The number of anilines is 2. The summed E-state index contributed by atoms with van der Waals surface area (Å²) in [5, 5.41) is 7.40. The van der Waals surface area contributed by atoms with Crippen molar-refractivity contribution >= 4 is 44.0 Å². The minimum atomic E-state index is -0.266. The summed E-state index contributed by atoms with van der Waals surface area (Å²) < 4.78 is 6.26. The molecule has 3 heterocycles. The van der Waals surface area contributed by atoms with Crippen molar-refractivity contribution in [1.29, 1.82) is 0 Å². The average Bonchev–Trinajstić information content (AvgIpc) is 3.42. The van der Waals surface area contributed by atoms with E-state index in [9.17, 15) is 4.79 Å². The third kappa shape index (κ3) is 5.06. The number of aromatic nitrogens is 1. The molecule has 0 aliphatic carbocycles. The van der Waals surface area contributed by atoms with Gasteiger partial charge in [0.1, 0.15) is 10.8 Å². The largest absolute Gasteiger partial charge is 0.459 e. The number of hydrogen-bond donors (Lipinski definition) is 2. The molecule has 0 bridgehead atoms. The fourth-order valence-electron chi connectivity index (χ4n) is 3.32. The van der Waals surface area contributed by atoms with Crippen LogP contribution in [0.2, 0.25) is 0 Å². The Kier molecular flexibility index (Phi) is 6.53. The highest BCUT2D eigenvalue weighted by Crippen LogP contribution is 2.38. The maximum atomic E-state index is 12.7. The van der Waals surface area contributed by atoms with Gasteiger partial charge in [0.05, 0.1) is 12.3 Å². The lowest BCUT2D eigenvalue weighted by atomic mass is 9.99. The van der Waals surface area contributed by atoms with Crippen molar-refractivity contribution in [2.75, 3.05) is 10.6 Å². The zero-order valence-corrected chi connectivity index (χ0v) is 19.6. The van der Waals surface area contributed by atoms with Gasteiger partial charge in [0.25, 0.3) is 5.91 Å². The van der Waals surface area contributed by atoms with Gasteiger partial charge in [0.15, 0.2) is 5.76 Å². The smallest absolute Gasteiger partial charge is 0.291 e. The summed E-state index contributed by atoms with van der Waals surface area (Å²) in [4.78, 5) is 18.5. The van der Waals surface area contributed by atoms with Gasteiger partial charge >= 0.3 is 0 Å². The molecule has 5 nitrogen and oxygen atoms in total.